The van der Waals surface area contributed by atoms with Gasteiger partial charge in [0.15, 0.2) is 0 Å². The predicted octanol–water partition coefficient (Wildman–Crippen LogP) is 11.6. The number of benzene rings is 4. The number of hydrogen-bond donors (Lipinski definition) is 0. The first-order valence-corrected chi connectivity index (χ1v) is 15.5. The van der Waals surface area contributed by atoms with Crippen LogP contribution in [0.5, 0.6) is 11.5 Å². The molecule has 0 aliphatic carbocycles. The Morgan fingerprint density at radius 1 is 0.690 bits per heavy atom. The predicted molar refractivity (Wildman–Crippen MR) is 180 cm³/mol. The number of ether oxygens (including phenoxy) is 1. The van der Waals surface area contributed by atoms with Crippen molar-refractivity contribution in [2.45, 2.75) is 52.4 Å². The number of thiophene rings is 1. The first-order chi connectivity index (χ1) is 20.0. The Morgan fingerprint density at radius 3 is 2.24 bits per heavy atom. The van der Waals surface area contributed by atoms with Crippen LogP contribution in [0.2, 0.25) is 5.02 Å². The molecule has 5 heteroatoms. The fourth-order valence-corrected chi connectivity index (χ4v) is 7.26. The summed E-state index contributed by atoms with van der Waals surface area (Å²) in [4.78, 5) is 4.89. The number of rotatable bonds is 3. The summed E-state index contributed by atoms with van der Waals surface area (Å²) in [5, 5.41) is 5.68. The summed E-state index contributed by atoms with van der Waals surface area (Å²) < 4.78 is 11.4. The lowest BCUT2D eigenvalue weighted by Gasteiger charge is -2.20. The van der Waals surface area contributed by atoms with Gasteiger partial charge in [-0.05, 0) is 76.6 Å². The third kappa shape index (κ3) is 4.54. The van der Waals surface area contributed by atoms with Gasteiger partial charge in [0.25, 0.3) is 0 Å². The highest BCUT2D eigenvalue weighted by atomic mass is 35.5. The molecule has 4 aromatic carbocycles. The minimum atomic E-state index is -0.0429. The van der Waals surface area contributed by atoms with Crippen molar-refractivity contribution in [3.8, 4) is 17.3 Å². The van der Waals surface area contributed by atoms with Crippen LogP contribution in [0.15, 0.2) is 91.1 Å². The lowest BCUT2D eigenvalue weighted by atomic mass is 9.87. The van der Waals surface area contributed by atoms with Crippen LogP contribution in [0.1, 0.15) is 52.7 Å². The maximum absolute atomic E-state index is 6.53. The molecule has 3 aromatic heterocycles. The minimum absolute atomic E-state index is 0.000798. The van der Waals surface area contributed by atoms with Crippen LogP contribution in [0, 0.1) is 0 Å². The van der Waals surface area contributed by atoms with Crippen molar-refractivity contribution in [1.29, 1.82) is 0 Å². The van der Waals surface area contributed by atoms with Crippen molar-refractivity contribution < 1.29 is 4.74 Å². The van der Waals surface area contributed by atoms with Gasteiger partial charge in [0.1, 0.15) is 17.3 Å². The van der Waals surface area contributed by atoms with E-state index < -0.39 is 0 Å². The first kappa shape index (κ1) is 27.0. The normalized spacial score (nSPS) is 12.6. The van der Waals surface area contributed by atoms with Crippen molar-refractivity contribution in [3.63, 3.8) is 0 Å². The lowest BCUT2D eigenvalue weighted by Crippen LogP contribution is -2.12. The largest absolute Gasteiger partial charge is 0.457 e. The van der Waals surface area contributed by atoms with Crippen LogP contribution in [-0.4, -0.2) is 9.55 Å². The Hall–Kier alpha value is -3.86. The molecule has 0 fully saturated rings. The summed E-state index contributed by atoms with van der Waals surface area (Å²) in [7, 11) is 0. The Kier molecular flexibility index (Phi) is 6.16. The van der Waals surface area contributed by atoms with E-state index in [0.29, 0.717) is 5.02 Å². The molecule has 0 amide bonds. The number of fused-ring (bicyclic) bond motifs is 7. The van der Waals surface area contributed by atoms with E-state index in [1.54, 1.807) is 0 Å². The zero-order chi connectivity index (χ0) is 29.4. The molecule has 7 aromatic rings. The molecule has 0 radical (unpaired) electrons. The summed E-state index contributed by atoms with van der Waals surface area (Å²) in [5.74, 6) is 2.39. The molecule has 0 aliphatic heterocycles. The van der Waals surface area contributed by atoms with Crippen LogP contribution < -0.4 is 4.74 Å². The summed E-state index contributed by atoms with van der Waals surface area (Å²) in [6, 6.07) is 29.9. The molecule has 3 nitrogen and oxygen atoms in total. The number of pyridine rings is 1. The van der Waals surface area contributed by atoms with Gasteiger partial charge in [0.05, 0.1) is 11.0 Å². The summed E-state index contributed by atoms with van der Waals surface area (Å²) in [5.41, 5.74) is 4.53. The van der Waals surface area contributed by atoms with Crippen molar-refractivity contribution in [1.82, 2.24) is 9.55 Å². The molecular weight excluding hydrogens is 556 g/mol. The van der Waals surface area contributed by atoms with E-state index in [4.69, 9.17) is 21.3 Å². The van der Waals surface area contributed by atoms with Crippen LogP contribution in [-0.2, 0) is 10.8 Å². The smallest absolute Gasteiger partial charge is 0.137 e. The first-order valence-electron chi connectivity index (χ1n) is 14.3. The zero-order valence-corrected chi connectivity index (χ0v) is 26.3. The highest BCUT2D eigenvalue weighted by Gasteiger charge is 2.21. The second-order valence-corrected chi connectivity index (χ2v) is 14.6. The van der Waals surface area contributed by atoms with Gasteiger partial charge >= 0.3 is 0 Å². The SMILES string of the molecule is CC(C)(C)c1cc(Cl)cc(Oc2ccc3c4c5sc6ccccc6c5ccc4n(-c4cc(C(C)(C)C)ccn4)c3c2)c1. The van der Waals surface area contributed by atoms with Gasteiger partial charge in [0.2, 0.25) is 0 Å². The highest BCUT2D eigenvalue weighted by molar-refractivity contribution is 7.26. The molecule has 0 bridgehead atoms. The van der Waals surface area contributed by atoms with Crippen molar-refractivity contribution >= 4 is 64.9 Å². The molecule has 0 aliphatic rings. The van der Waals surface area contributed by atoms with E-state index in [-0.39, 0.29) is 10.8 Å². The third-order valence-electron chi connectivity index (χ3n) is 8.06. The van der Waals surface area contributed by atoms with Crippen molar-refractivity contribution in [3.05, 3.63) is 107 Å². The molecule has 7 rings (SSSR count). The van der Waals surface area contributed by atoms with Crippen LogP contribution in [0.25, 0.3) is 47.8 Å². The third-order valence-corrected chi connectivity index (χ3v) is 9.48. The van der Waals surface area contributed by atoms with Gasteiger partial charge in [-0.2, -0.15) is 0 Å². The van der Waals surface area contributed by atoms with Crippen LogP contribution >= 0.6 is 22.9 Å². The van der Waals surface area contributed by atoms with Gasteiger partial charge in [0, 0.05) is 48.2 Å². The molecule has 3 heterocycles. The average Bonchev–Trinajstić information content (AvgIpc) is 3.47. The molecule has 210 valence electrons. The molecule has 0 unspecified atom stereocenters. The molecular formula is C37H33ClN2OS. The zero-order valence-electron chi connectivity index (χ0n) is 24.7. The molecule has 0 saturated heterocycles. The minimum Gasteiger partial charge on any atom is -0.457 e. The lowest BCUT2D eigenvalue weighted by molar-refractivity contribution is 0.479. The van der Waals surface area contributed by atoms with E-state index in [2.05, 4.69) is 119 Å². The number of hydrogen-bond acceptors (Lipinski definition) is 3. The maximum atomic E-state index is 6.53. The van der Waals surface area contributed by atoms with E-state index in [1.807, 2.05) is 29.7 Å². The Morgan fingerprint density at radius 2 is 1.45 bits per heavy atom. The van der Waals surface area contributed by atoms with Crippen molar-refractivity contribution in [2.24, 2.45) is 0 Å². The monoisotopic (exact) mass is 588 g/mol. The number of nitrogens with zero attached hydrogens (tertiary/aromatic N) is 2. The van der Waals surface area contributed by atoms with Crippen LogP contribution in [0.4, 0.5) is 0 Å². The van der Waals surface area contributed by atoms with E-state index in [1.165, 1.54) is 36.5 Å². The molecule has 42 heavy (non-hydrogen) atoms. The van der Waals surface area contributed by atoms with E-state index in [0.717, 1.165) is 33.9 Å². The summed E-state index contributed by atoms with van der Waals surface area (Å²) in [6.45, 7) is 13.3. The Bertz CT molecular complexity index is 2160. The van der Waals surface area contributed by atoms with Crippen LogP contribution in [0.3, 0.4) is 0 Å². The topological polar surface area (TPSA) is 27.1 Å². The molecule has 0 N–H and O–H groups in total. The van der Waals surface area contributed by atoms with Crippen molar-refractivity contribution in [2.75, 3.05) is 0 Å². The summed E-state index contributed by atoms with van der Waals surface area (Å²) in [6.07, 6.45) is 1.92. The second kappa shape index (κ2) is 9.58. The Labute approximate surface area is 255 Å². The Balaban J connectivity index is 1.50. The molecule has 0 atom stereocenters. The molecule has 0 spiro atoms. The molecule has 0 saturated carbocycles. The van der Waals surface area contributed by atoms with Gasteiger partial charge in [-0.15, -0.1) is 11.3 Å². The summed E-state index contributed by atoms with van der Waals surface area (Å²) >= 11 is 8.38. The second-order valence-electron chi connectivity index (χ2n) is 13.1. The van der Waals surface area contributed by atoms with Gasteiger partial charge in [-0.1, -0.05) is 77.4 Å². The van der Waals surface area contributed by atoms with E-state index in [9.17, 15) is 0 Å². The number of aromatic nitrogens is 2. The fourth-order valence-electron chi connectivity index (χ4n) is 5.77. The standard InChI is InChI=1S/C37H33ClN2OS/c1-36(2,3)22-15-16-39-33(19-22)40-30-14-13-28-27-9-7-8-10-32(27)42-35(28)34(30)29-12-11-25(21-31(29)40)41-26-18-23(37(4,5)6)17-24(38)20-26/h7-21H,1-6H3. The number of halogens is 1. The quantitative estimate of drug-likeness (QED) is 0.205. The fraction of sp³-hybridized carbons (Fsp3) is 0.216. The van der Waals surface area contributed by atoms with Gasteiger partial charge < -0.3 is 4.74 Å². The average molecular weight is 589 g/mol. The van der Waals surface area contributed by atoms with Gasteiger partial charge in [-0.25, -0.2) is 4.98 Å². The highest BCUT2D eigenvalue weighted by Crippen LogP contribution is 2.44. The van der Waals surface area contributed by atoms with E-state index >= 15 is 0 Å². The maximum Gasteiger partial charge on any atom is 0.137 e. The van der Waals surface area contributed by atoms with Gasteiger partial charge in [-0.3, -0.25) is 4.57 Å².